The van der Waals surface area contributed by atoms with E-state index in [1.54, 1.807) is 12.1 Å². The molecule has 0 bridgehead atoms. The Morgan fingerprint density at radius 1 is 1.03 bits per heavy atom. The van der Waals surface area contributed by atoms with Crippen molar-refractivity contribution in [1.82, 2.24) is 10.6 Å². The maximum Gasteiger partial charge on any atom is 0.408 e. The molecule has 3 rings (SSSR count). The minimum Gasteiger partial charge on any atom is -0.445 e. The van der Waals surface area contributed by atoms with E-state index >= 15 is 0 Å². The number of carbonyl (C=O) groups excluding carboxylic acids is 2. The van der Waals surface area contributed by atoms with E-state index in [0.717, 1.165) is 31.2 Å². The highest BCUT2D eigenvalue weighted by Gasteiger charge is 2.26. The number of nitro groups is 1. The van der Waals surface area contributed by atoms with E-state index in [1.165, 1.54) is 12.1 Å². The van der Waals surface area contributed by atoms with Crippen molar-refractivity contribution in [1.29, 1.82) is 0 Å². The van der Waals surface area contributed by atoms with Crippen molar-refractivity contribution in [2.45, 2.75) is 50.8 Å². The van der Waals surface area contributed by atoms with Crippen molar-refractivity contribution in [2.24, 2.45) is 0 Å². The van der Waals surface area contributed by atoms with Crippen LogP contribution in [-0.2, 0) is 22.6 Å². The number of non-ortho nitro benzene ring substituents is 1. The van der Waals surface area contributed by atoms with Crippen LogP contribution in [0.5, 0.6) is 0 Å². The highest BCUT2D eigenvalue weighted by molar-refractivity contribution is 5.86. The molecule has 8 nitrogen and oxygen atoms in total. The maximum atomic E-state index is 12.8. The SMILES string of the molecule is O=C(N[C@@H](Cc1ccc([N+](=O)[O-])cc1)C(=O)NC1CCCC1)OCc1ccccc1. The van der Waals surface area contributed by atoms with Crippen LogP contribution in [0.15, 0.2) is 54.6 Å². The second-order valence-electron chi connectivity index (χ2n) is 7.38. The summed E-state index contributed by atoms with van der Waals surface area (Å²) in [5, 5.41) is 16.5. The number of hydrogen-bond acceptors (Lipinski definition) is 5. The molecule has 158 valence electrons. The van der Waals surface area contributed by atoms with Crippen LogP contribution in [0.3, 0.4) is 0 Å². The number of carbonyl (C=O) groups is 2. The van der Waals surface area contributed by atoms with Gasteiger partial charge in [-0.05, 0) is 24.0 Å². The van der Waals surface area contributed by atoms with Gasteiger partial charge in [0.1, 0.15) is 12.6 Å². The number of benzene rings is 2. The van der Waals surface area contributed by atoms with Crippen LogP contribution < -0.4 is 10.6 Å². The molecule has 1 aliphatic rings. The molecule has 1 atom stereocenters. The number of alkyl carbamates (subject to hydrolysis) is 1. The monoisotopic (exact) mass is 411 g/mol. The Morgan fingerprint density at radius 3 is 2.33 bits per heavy atom. The smallest absolute Gasteiger partial charge is 0.408 e. The predicted molar refractivity (Wildman–Crippen MR) is 111 cm³/mol. The molecule has 1 saturated carbocycles. The number of ether oxygens (including phenoxy) is 1. The van der Waals surface area contributed by atoms with Crippen molar-refractivity contribution >= 4 is 17.7 Å². The van der Waals surface area contributed by atoms with Crippen LogP contribution in [0.2, 0.25) is 0 Å². The predicted octanol–water partition coefficient (Wildman–Crippen LogP) is 3.49. The molecule has 0 aromatic heterocycles. The second kappa shape index (κ2) is 10.4. The third kappa shape index (κ3) is 6.30. The molecular weight excluding hydrogens is 386 g/mol. The minimum atomic E-state index is -0.838. The molecule has 8 heteroatoms. The molecule has 2 aromatic carbocycles. The van der Waals surface area contributed by atoms with Crippen molar-refractivity contribution in [3.63, 3.8) is 0 Å². The van der Waals surface area contributed by atoms with Gasteiger partial charge in [-0.15, -0.1) is 0 Å². The fourth-order valence-electron chi connectivity index (χ4n) is 3.48. The Balaban J connectivity index is 1.63. The zero-order valence-corrected chi connectivity index (χ0v) is 16.6. The van der Waals surface area contributed by atoms with Crippen LogP contribution in [0.1, 0.15) is 36.8 Å². The maximum absolute atomic E-state index is 12.8. The fourth-order valence-corrected chi connectivity index (χ4v) is 3.48. The van der Waals surface area contributed by atoms with Crippen LogP contribution in [0, 0.1) is 10.1 Å². The lowest BCUT2D eigenvalue weighted by Crippen LogP contribution is -2.50. The molecule has 0 heterocycles. The summed E-state index contributed by atoms with van der Waals surface area (Å²) in [5.74, 6) is -0.281. The lowest BCUT2D eigenvalue weighted by Gasteiger charge is -2.21. The largest absolute Gasteiger partial charge is 0.445 e. The molecule has 2 N–H and O–H groups in total. The standard InChI is InChI=1S/C22H25N3O5/c26-21(23-18-8-4-5-9-18)20(14-16-10-12-19(13-11-16)25(28)29)24-22(27)30-15-17-6-2-1-3-7-17/h1-3,6-7,10-13,18,20H,4-5,8-9,14-15H2,(H,23,26)(H,24,27)/t20-/m0/s1. The van der Waals surface area contributed by atoms with Gasteiger partial charge in [0, 0.05) is 24.6 Å². The average Bonchev–Trinajstić information content (AvgIpc) is 3.26. The topological polar surface area (TPSA) is 111 Å². The van der Waals surface area contributed by atoms with Crippen molar-refractivity contribution < 1.29 is 19.2 Å². The number of hydrogen-bond donors (Lipinski definition) is 2. The molecule has 0 unspecified atom stereocenters. The molecule has 2 amide bonds. The molecule has 30 heavy (non-hydrogen) atoms. The first-order chi connectivity index (χ1) is 14.5. The number of nitrogens with zero attached hydrogens (tertiary/aromatic N) is 1. The Bertz CT molecular complexity index is 864. The summed E-state index contributed by atoms with van der Waals surface area (Å²) >= 11 is 0. The lowest BCUT2D eigenvalue weighted by molar-refractivity contribution is -0.384. The third-order valence-corrected chi connectivity index (χ3v) is 5.11. The molecule has 2 aromatic rings. The molecule has 0 saturated heterocycles. The average molecular weight is 411 g/mol. The number of nitrogens with one attached hydrogen (secondary N) is 2. The van der Waals surface area contributed by atoms with Gasteiger partial charge in [-0.2, -0.15) is 0 Å². The third-order valence-electron chi connectivity index (χ3n) is 5.11. The summed E-state index contributed by atoms with van der Waals surface area (Å²) < 4.78 is 5.25. The van der Waals surface area contributed by atoms with Gasteiger partial charge >= 0.3 is 6.09 Å². The van der Waals surface area contributed by atoms with Crippen molar-refractivity contribution in [3.05, 3.63) is 75.8 Å². The van der Waals surface area contributed by atoms with E-state index in [-0.39, 0.29) is 30.7 Å². The van der Waals surface area contributed by atoms with Gasteiger partial charge < -0.3 is 15.4 Å². The van der Waals surface area contributed by atoms with Crippen molar-refractivity contribution in [2.75, 3.05) is 0 Å². The molecule has 0 radical (unpaired) electrons. The van der Waals surface area contributed by atoms with Crippen molar-refractivity contribution in [3.8, 4) is 0 Å². The molecule has 0 aliphatic heterocycles. The van der Waals surface area contributed by atoms with Gasteiger partial charge in [0.05, 0.1) is 4.92 Å². The van der Waals surface area contributed by atoms with E-state index < -0.39 is 17.1 Å². The van der Waals surface area contributed by atoms with E-state index in [1.807, 2.05) is 30.3 Å². The first kappa shape index (κ1) is 21.3. The Morgan fingerprint density at radius 2 is 1.70 bits per heavy atom. The summed E-state index contributed by atoms with van der Waals surface area (Å²) in [5.41, 5.74) is 1.52. The van der Waals surface area contributed by atoms with E-state index in [0.29, 0.717) is 5.56 Å². The van der Waals surface area contributed by atoms with Gasteiger partial charge in [-0.25, -0.2) is 4.79 Å². The zero-order valence-electron chi connectivity index (χ0n) is 16.6. The lowest BCUT2D eigenvalue weighted by atomic mass is 10.0. The van der Waals surface area contributed by atoms with E-state index in [4.69, 9.17) is 4.74 Å². The highest BCUT2D eigenvalue weighted by atomic mass is 16.6. The number of rotatable bonds is 8. The Labute approximate surface area is 174 Å². The summed E-state index contributed by atoms with van der Waals surface area (Å²) in [6, 6.07) is 14.5. The molecule has 1 fully saturated rings. The quantitative estimate of drug-likeness (QED) is 0.510. The Hall–Kier alpha value is -3.42. The highest BCUT2D eigenvalue weighted by Crippen LogP contribution is 2.18. The minimum absolute atomic E-state index is 0.0269. The number of nitro benzene ring substituents is 1. The molecular formula is C22H25N3O5. The number of amides is 2. The van der Waals surface area contributed by atoms with Gasteiger partial charge in [0.25, 0.3) is 5.69 Å². The summed E-state index contributed by atoms with van der Waals surface area (Å²) in [7, 11) is 0. The van der Waals surface area contributed by atoms with Gasteiger partial charge in [0.15, 0.2) is 0 Å². The molecule has 0 spiro atoms. The zero-order chi connectivity index (χ0) is 21.3. The molecule has 1 aliphatic carbocycles. The second-order valence-corrected chi connectivity index (χ2v) is 7.38. The van der Waals surface area contributed by atoms with Crippen LogP contribution in [-0.4, -0.2) is 29.0 Å². The van der Waals surface area contributed by atoms with Crippen LogP contribution in [0.25, 0.3) is 0 Å². The summed E-state index contributed by atoms with van der Waals surface area (Å²) in [6.07, 6.45) is 3.52. The van der Waals surface area contributed by atoms with Crippen LogP contribution >= 0.6 is 0 Å². The van der Waals surface area contributed by atoms with E-state index in [9.17, 15) is 19.7 Å². The summed E-state index contributed by atoms with van der Waals surface area (Å²) in [4.78, 5) is 35.5. The first-order valence-electron chi connectivity index (χ1n) is 10.0. The van der Waals surface area contributed by atoms with Gasteiger partial charge in [-0.1, -0.05) is 55.3 Å². The summed E-state index contributed by atoms with van der Waals surface area (Å²) in [6.45, 7) is 0.0984. The van der Waals surface area contributed by atoms with Gasteiger partial charge in [0.2, 0.25) is 5.91 Å². The van der Waals surface area contributed by atoms with Gasteiger partial charge in [-0.3, -0.25) is 14.9 Å². The fraction of sp³-hybridized carbons (Fsp3) is 0.364. The first-order valence-corrected chi connectivity index (χ1v) is 10.0. The van der Waals surface area contributed by atoms with E-state index in [2.05, 4.69) is 10.6 Å². The normalized spacial score (nSPS) is 14.7. The van der Waals surface area contributed by atoms with Crippen LogP contribution in [0.4, 0.5) is 10.5 Å². The Kier molecular flexibility index (Phi) is 7.37.